The minimum absolute atomic E-state index is 0.627. The molecule has 134 valence electrons. The van der Waals surface area contributed by atoms with Gasteiger partial charge in [-0.25, -0.2) is 0 Å². The zero-order chi connectivity index (χ0) is 16.5. The van der Waals surface area contributed by atoms with Crippen molar-refractivity contribution in [2.75, 3.05) is 52.4 Å². The van der Waals surface area contributed by atoms with Gasteiger partial charge in [-0.2, -0.15) is 0 Å². The predicted molar refractivity (Wildman–Crippen MR) is 99.1 cm³/mol. The summed E-state index contributed by atoms with van der Waals surface area (Å²) in [7, 11) is 0. The molecule has 2 rings (SSSR count). The largest absolute Gasteiger partial charge is 0.357 e. The van der Waals surface area contributed by atoms with Crippen LogP contribution in [-0.2, 0) is 0 Å². The molecule has 2 fully saturated rings. The Morgan fingerprint density at radius 1 is 1.13 bits per heavy atom. The quantitative estimate of drug-likeness (QED) is 0.528. The van der Waals surface area contributed by atoms with Gasteiger partial charge in [0, 0.05) is 32.2 Å². The van der Waals surface area contributed by atoms with Gasteiger partial charge in [-0.3, -0.25) is 9.89 Å². The van der Waals surface area contributed by atoms with Gasteiger partial charge in [0.1, 0.15) is 0 Å². The highest BCUT2D eigenvalue weighted by Gasteiger charge is 2.22. The van der Waals surface area contributed by atoms with Gasteiger partial charge >= 0.3 is 0 Å². The molecule has 2 heterocycles. The molecule has 23 heavy (non-hydrogen) atoms. The molecule has 2 atom stereocenters. The molecular formula is C18H37N5. The summed E-state index contributed by atoms with van der Waals surface area (Å²) >= 11 is 0. The second-order valence-corrected chi connectivity index (χ2v) is 7.14. The number of aliphatic imine (C=N–C) groups is 1. The zero-order valence-corrected chi connectivity index (χ0v) is 15.5. The summed E-state index contributed by atoms with van der Waals surface area (Å²) < 4.78 is 0. The maximum atomic E-state index is 4.82. The van der Waals surface area contributed by atoms with Gasteiger partial charge in [-0.05, 0) is 64.7 Å². The highest BCUT2D eigenvalue weighted by atomic mass is 15.2. The van der Waals surface area contributed by atoms with E-state index in [4.69, 9.17) is 4.99 Å². The minimum Gasteiger partial charge on any atom is -0.357 e. The van der Waals surface area contributed by atoms with Crippen LogP contribution in [0.3, 0.4) is 0 Å². The van der Waals surface area contributed by atoms with Crippen molar-refractivity contribution in [2.24, 2.45) is 10.9 Å². The fourth-order valence-corrected chi connectivity index (χ4v) is 3.81. The van der Waals surface area contributed by atoms with E-state index < -0.39 is 0 Å². The summed E-state index contributed by atoms with van der Waals surface area (Å²) in [5, 5.41) is 6.95. The monoisotopic (exact) mass is 323 g/mol. The van der Waals surface area contributed by atoms with E-state index in [0.717, 1.165) is 32.1 Å². The van der Waals surface area contributed by atoms with Crippen LogP contribution in [0.15, 0.2) is 4.99 Å². The van der Waals surface area contributed by atoms with E-state index in [9.17, 15) is 0 Å². The fraction of sp³-hybridized carbons (Fsp3) is 0.944. The first-order valence-electron chi connectivity index (χ1n) is 9.71. The lowest BCUT2D eigenvalue weighted by molar-refractivity contribution is 0.266. The van der Waals surface area contributed by atoms with E-state index in [-0.39, 0.29) is 0 Å². The molecule has 2 unspecified atom stereocenters. The summed E-state index contributed by atoms with van der Waals surface area (Å²) in [5.74, 6) is 1.62. The van der Waals surface area contributed by atoms with E-state index >= 15 is 0 Å². The maximum absolute atomic E-state index is 4.82. The Bertz CT molecular complexity index is 351. The first-order valence-corrected chi connectivity index (χ1v) is 9.71. The van der Waals surface area contributed by atoms with Gasteiger partial charge in [-0.15, -0.1) is 0 Å². The van der Waals surface area contributed by atoms with Crippen molar-refractivity contribution < 1.29 is 0 Å². The van der Waals surface area contributed by atoms with Gasteiger partial charge in [0.05, 0.1) is 0 Å². The number of nitrogens with one attached hydrogen (secondary N) is 2. The molecule has 0 aromatic rings. The van der Waals surface area contributed by atoms with Crippen molar-refractivity contribution in [2.45, 2.75) is 52.5 Å². The number of likely N-dealkylation sites (tertiary alicyclic amines) is 2. The Kier molecular flexibility index (Phi) is 8.17. The first-order chi connectivity index (χ1) is 11.2. The molecule has 0 aliphatic carbocycles. The van der Waals surface area contributed by atoms with Crippen molar-refractivity contribution in [3.8, 4) is 0 Å². The van der Waals surface area contributed by atoms with E-state index in [1.54, 1.807) is 0 Å². The summed E-state index contributed by atoms with van der Waals surface area (Å²) in [6.07, 6.45) is 5.39. The standard InChI is InChI=1S/C18H37N5/c1-4-19-18(21-14-17-9-8-12-23(17)5-2)20-13-16(3)15-22-10-6-7-11-22/h16-17H,4-15H2,1-3H3,(H2,19,20,21). The molecule has 0 aromatic heterocycles. The highest BCUT2D eigenvalue weighted by Crippen LogP contribution is 2.15. The molecule has 0 radical (unpaired) electrons. The van der Waals surface area contributed by atoms with Crippen molar-refractivity contribution in [1.82, 2.24) is 20.4 Å². The Morgan fingerprint density at radius 2 is 1.91 bits per heavy atom. The highest BCUT2D eigenvalue weighted by molar-refractivity contribution is 5.79. The Labute approximate surface area is 142 Å². The maximum Gasteiger partial charge on any atom is 0.191 e. The van der Waals surface area contributed by atoms with E-state index in [1.807, 2.05) is 0 Å². The molecule has 0 bridgehead atoms. The van der Waals surface area contributed by atoms with Crippen LogP contribution in [0.25, 0.3) is 0 Å². The SMILES string of the molecule is CCNC(=NCC(C)CN1CCCC1)NCC1CCCN1CC. The molecule has 5 heteroatoms. The van der Waals surface area contributed by atoms with Crippen molar-refractivity contribution in [3.05, 3.63) is 0 Å². The van der Waals surface area contributed by atoms with E-state index in [1.165, 1.54) is 51.9 Å². The first kappa shape index (κ1) is 18.5. The number of hydrogen-bond acceptors (Lipinski definition) is 3. The van der Waals surface area contributed by atoms with E-state index in [2.05, 4.69) is 41.2 Å². The smallest absolute Gasteiger partial charge is 0.191 e. The lowest BCUT2D eigenvalue weighted by atomic mass is 10.2. The molecule has 0 saturated carbocycles. The van der Waals surface area contributed by atoms with Gasteiger partial charge in [0.15, 0.2) is 5.96 Å². The zero-order valence-electron chi connectivity index (χ0n) is 15.5. The molecule has 2 N–H and O–H groups in total. The average Bonchev–Trinajstić information content (AvgIpc) is 3.21. The van der Waals surface area contributed by atoms with Gasteiger partial charge in [-0.1, -0.05) is 13.8 Å². The lowest BCUT2D eigenvalue weighted by Crippen LogP contribution is -2.45. The summed E-state index contributed by atoms with van der Waals surface area (Å²) in [5.41, 5.74) is 0. The van der Waals surface area contributed by atoms with Crippen molar-refractivity contribution >= 4 is 5.96 Å². The van der Waals surface area contributed by atoms with Crippen LogP contribution in [0, 0.1) is 5.92 Å². The second kappa shape index (κ2) is 10.1. The topological polar surface area (TPSA) is 42.9 Å². The third-order valence-electron chi connectivity index (χ3n) is 5.08. The third-order valence-corrected chi connectivity index (χ3v) is 5.08. The predicted octanol–water partition coefficient (Wildman–Crippen LogP) is 1.76. The summed E-state index contributed by atoms with van der Waals surface area (Å²) in [6.45, 7) is 15.7. The summed E-state index contributed by atoms with van der Waals surface area (Å²) in [4.78, 5) is 9.97. The molecule has 5 nitrogen and oxygen atoms in total. The normalized spacial score (nSPS) is 25.0. The Hall–Kier alpha value is -0.810. The van der Waals surface area contributed by atoms with Crippen LogP contribution in [0.5, 0.6) is 0 Å². The molecule has 0 aromatic carbocycles. The number of guanidine groups is 1. The average molecular weight is 324 g/mol. The van der Waals surface area contributed by atoms with Crippen LogP contribution < -0.4 is 10.6 Å². The molecule has 0 amide bonds. The van der Waals surface area contributed by atoms with Crippen LogP contribution >= 0.6 is 0 Å². The van der Waals surface area contributed by atoms with Crippen LogP contribution in [0.2, 0.25) is 0 Å². The molecule has 2 saturated heterocycles. The van der Waals surface area contributed by atoms with Crippen molar-refractivity contribution in [1.29, 1.82) is 0 Å². The van der Waals surface area contributed by atoms with Gasteiger partial charge in [0.2, 0.25) is 0 Å². The van der Waals surface area contributed by atoms with E-state index in [0.29, 0.717) is 12.0 Å². The van der Waals surface area contributed by atoms with Gasteiger partial charge in [0.25, 0.3) is 0 Å². The van der Waals surface area contributed by atoms with Crippen molar-refractivity contribution in [3.63, 3.8) is 0 Å². The lowest BCUT2D eigenvalue weighted by Gasteiger charge is -2.24. The fourth-order valence-electron chi connectivity index (χ4n) is 3.81. The second-order valence-electron chi connectivity index (χ2n) is 7.14. The number of nitrogens with zero attached hydrogens (tertiary/aromatic N) is 3. The van der Waals surface area contributed by atoms with Crippen LogP contribution in [0.1, 0.15) is 46.5 Å². The Balaban J connectivity index is 1.74. The van der Waals surface area contributed by atoms with Crippen LogP contribution in [0.4, 0.5) is 0 Å². The molecule has 2 aliphatic heterocycles. The minimum atomic E-state index is 0.627. The summed E-state index contributed by atoms with van der Waals surface area (Å²) in [6, 6.07) is 0.672. The molecule has 0 spiro atoms. The van der Waals surface area contributed by atoms with Gasteiger partial charge < -0.3 is 15.5 Å². The number of hydrogen-bond donors (Lipinski definition) is 2. The number of rotatable bonds is 8. The Morgan fingerprint density at radius 3 is 2.61 bits per heavy atom. The number of likely N-dealkylation sites (N-methyl/N-ethyl adjacent to an activating group) is 1. The molecule has 2 aliphatic rings. The molecular weight excluding hydrogens is 286 g/mol. The third kappa shape index (κ3) is 6.30. The van der Waals surface area contributed by atoms with Crippen LogP contribution in [-0.4, -0.2) is 74.2 Å².